The molecule has 1 atom stereocenters. The first-order valence-corrected chi connectivity index (χ1v) is 11.8. The number of hydrogen-bond acceptors (Lipinski definition) is 3. The number of aryl methyl sites for hydroxylation is 2. The third-order valence-corrected chi connectivity index (χ3v) is 6.29. The number of carbonyl (C=O) groups excluding carboxylic acids is 2. The van der Waals surface area contributed by atoms with E-state index in [4.69, 9.17) is 4.74 Å². The van der Waals surface area contributed by atoms with Crippen molar-refractivity contribution in [3.8, 4) is 5.75 Å². The first-order chi connectivity index (χ1) is 15.5. The molecule has 1 aliphatic carbocycles. The van der Waals surface area contributed by atoms with Gasteiger partial charge in [0.1, 0.15) is 11.8 Å². The van der Waals surface area contributed by atoms with E-state index in [-0.39, 0.29) is 24.5 Å². The summed E-state index contributed by atoms with van der Waals surface area (Å²) in [6.45, 7) is 6.21. The summed E-state index contributed by atoms with van der Waals surface area (Å²) in [4.78, 5) is 27.8. The first-order valence-electron chi connectivity index (χ1n) is 11.8. The molecule has 172 valence electrons. The van der Waals surface area contributed by atoms with E-state index >= 15 is 0 Å². The highest BCUT2D eigenvalue weighted by Crippen LogP contribution is 2.19. The Labute approximate surface area is 192 Å². The summed E-state index contributed by atoms with van der Waals surface area (Å²) >= 11 is 0. The van der Waals surface area contributed by atoms with Crippen LogP contribution in [0.2, 0.25) is 0 Å². The monoisotopic (exact) mass is 436 g/mol. The summed E-state index contributed by atoms with van der Waals surface area (Å²) in [5.41, 5.74) is 3.37. The van der Waals surface area contributed by atoms with Gasteiger partial charge >= 0.3 is 0 Å². The average molecular weight is 437 g/mol. The Morgan fingerprint density at radius 1 is 1.00 bits per heavy atom. The molecule has 0 heterocycles. The van der Waals surface area contributed by atoms with Crippen molar-refractivity contribution in [1.82, 2.24) is 10.2 Å². The summed E-state index contributed by atoms with van der Waals surface area (Å²) in [6.07, 6.45) is 6.52. The van der Waals surface area contributed by atoms with Crippen molar-refractivity contribution in [1.29, 1.82) is 0 Å². The molecule has 32 heavy (non-hydrogen) atoms. The molecule has 2 amide bonds. The minimum atomic E-state index is -0.572. The number of nitrogens with one attached hydrogen (secondary N) is 1. The highest BCUT2D eigenvalue weighted by Gasteiger charge is 2.28. The molecule has 5 heteroatoms. The van der Waals surface area contributed by atoms with Crippen LogP contribution in [-0.4, -0.2) is 35.4 Å². The molecule has 3 rings (SSSR count). The van der Waals surface area contributed by atoms with Gasteiger partial charge in [-0.05, 0) is 56.4 Å². The van der Waals surface area contributed by atoms with Crippen LogP contribution in [0.15, 0.2) is 48.5 Å². The van der Waals surface area contributed by atoms with Crippen LogP contribution in [0.5, 0.6) is 5.75 Å². The molecule has 0 bridgehead atoms. The van der Waals surface area contributed by atoms with Crippen LogP contribution in [0.25, 0.3) is 0 Å². The Balaban J connectivity index is 1.68. The number of hydrogen-bond donors (Lipinski definition) is 1. The van der Waals surface area contributed by atoms with Crippen molar-refractivity contribution in [2.45, 2.75) is 77.9 Å². The zero-order chi connectivity index (χ0) is 22.9. The van der Waals surface area contributed by atoms with Crippen molar-refractivity contribution in [3.63, 3.8) is 0 Å². The van der Waals surface area contributed by atoms with Gasteiger partial charge in [-0.15, -0.1) is 0 Å². The van der Waals surface area contributed by atoms with E-state index < -0.39 is 6.04 Å². The molecule has 0 saturated heterocycles. The third-order valence-electron chi connectivity index (χ3n) is 6.29. The Kier molecular flexibility index (Phi) is 8.72. The van der Waals surface area contributed by atoms with Crippen LogP contribution in [0.4, 0.5) is 0 Å². The van der Waals surface area contributed by atoms with E-state index in [1.165, 1.54) is 12.0 Å². The number of benzene rings is 2. The molecule has 1 N–H and O–H groups in total. The number of nitrogens with zero attached hydrogens (tertiary/aromatic N) is 1. The van der Waals surface area contributed by atoms with Crippen LogP contribution in [0, 0.1) is 6.92 Å². The first kappa shape index (κ1) is 23.8. The molecule has 1 aliphatic rings. The fourth-order valence-corrected chi connectivity index (χ4v) is 4.09. The number of amides is 2. The summed E-state index contributed by atoms with van der Waals surface area (Å²) in [7, 11) is 0. The van der Waals surface area contributed by atoms with Crippen molar-refractivity contribution in [2.75, 3.05) is 6.61 Å². The number of ether oxygens (including phenoxy) is 1. The normalized spacial score (nSPS) is 15.1. The van der Waals surface area contributed by atoms with Crippen LogP contribution in [0.3, 0.4) is 0 Å². The van der Waals surface area contributed by atoms with Crippen LogP contribution >= 0.6 is 0 Å². The Bertz CT molecular complexity index is 871. The second-order valence-electron chi connectivity index (χ2n) is 8.81. The Hall–Kier alpha value is -2.82. The Morgan fingerprint density at radius 2 is 1.62 bits per heavy atom. The fraction of sp³-hybridized carbons (Fsp3) is 0.481. The molecule has 2 aromatic carbocycles. The van der Waals surface area contributed by atoms with Crippen molar-refractivity contribution >= 4 is 11.8 Å². The van der Waals surface area contributed by atoms with Crippen LogP contribution < -0.4 is 10.1 Å². The van der Waals surface area contributed by atoms with Crippen LogP contribution in [-0.2, 0) is 22.6 Å². The van der Waals surface area contributed by atoms with Crippen molar-refractivity contribution < 1.29 is 14.3 Å². The molecule has 0 spiro atoms. The highest BCUT2D eigenvalue weighted by molar-refractivity contribution is 5.88. The van der Waals surface area contributed by atoms with Crippen molar-refractivity contribution in [3.05, 3.63) is 65.2 Å². The minimum Gasteiger partial charge on any atom is -0.484 e. The van der Waals surface area contributed by atoms with E-state index in [0.29, 0.717) is 12.3 Å². The van der Waals surface area contributed by atoms with Gasteiger partial charge in [0.25, 0.3) is 5.91 Å². The SMILES string of the molecule is CCc1ccc(OCC(=O)N(Cc2ccc(C)cc2)[C@@H](C)C(=O)NC2CCCCC2)cc1. The predicted molar refractivity (Wildman–Crippen MR) is 128 cm³/mol. The van der Waals surface area contributed by atoms with Gasteiger partial charge in [0.2, 0.25) is 5.91 Å². The second kappa shape index (κ2) is 11.7. The molecular weight excluding hydrogens is 400 g/mol. The summed E-state index contributed by atoms with van der Waals surface area (Å²) in [5.74, 6) is 0.367. The lowest BCUT2D eigenvalue weighted by Gasteiger charge is -2.31. The third kappa shape index (κ3) is 6.84. The summed E-state index contributed by atoms with van der Waals surface area (Å²) in [6, 6.07) is 15.5. The lowest BCUT2D eigenvalue weighted by Crippen LogP contribution is -2.51. The molecule has 0 unspecified atom stereocenters. The summed E-state index contributed by atoms with van der Waals surface area (Å²) in [5, 5.41) is 3.16. The van der Waals surface area contributed by atoms with Crippen molar-refractivity contribution in [2.24, 2.45) is 0 Å². The average Bonchev–Trinajstić information content (AvgIpc) is 2.82. The topological polar surface area (TPSA) is 58.6 Å². The highest BCUT2D eigenvalue weighted by atomic mass is 16.5. The van der Waals surface area contributed by atoms with Gasteiger partial charge in [-0.3, -0.25) is 9.59 Å². The number of rotatable bonds is 9. The van der Waals surface area contributed by atoms with Gasteiger partial charge < -0.3 is 15.0 Å². The van der Waals surface area contributed by atoms with E-state index in [9.17, 15) is 9.59 Å². The molecule has 2 aromatic rings. The smallest absolute Gasteiger partial charge is 0.261 e. The molecule has 0 aromatic heterocycles. The fourth-order valence-electron chi connectivity index (χ4n) is 4.09. The quantitative estimate of drug-likeness (QED) is 0.614. The van der Waals surface area contributed by atoms with Gasteiger partial charge in [-0.2, -0.15) is 0 Å². The second-order valence-corrected chi connectivity index (χ2v) is 8.81. The Morgan fingerprint density at radius 3 is 2.25 bits per heavy atom. The zero-order valence-corrected chi connectivity index (χ0v) is 19.6. The maximum absolute atomic E-state index is 13.2. The summed E-state index contributed by atoms with van der Waals surface area (Å²) < 4.78 is 5.76. The zero-order valence-electron chi connectivity index (χ0n) is 19.6. The minimum absolute atomic E-state index is 0.0929. The molecule has 1 saturated carbocycles. The maximum Gasteiger partial charge on any atom is 0.261 e. The standard InChI is InChI=1S/C27H36N2O3/c1-4-22-14-16-25(17-15-22)32-19-26(30)29(18-23-12-10-20(2)11-13-23)21(3)27(31)28-24-8-6-5-7-9-24/h10-17,21,24H,4-9,18-19H2,1-3H3,(H,28,31)/t21-/m0/s1. The van der Waals surface area contributed by atoms with E-state index in [1.807, 2.05) is 55.5 Å². The van der Waals surface area contributed by atoms with Gasteiger partial charge in [0.15, 0.2) is 6.61 Å². The predicted octanol–water partition coefficient (Wildman–Crippen LogP) is 4.80. The lowest BCUT2D eigenvalue weighted by atomic mass is 9.95. The largest absolute Gasteiger partial charge is 0.484 e. The molecule has 0 radical (unpaired) electrons. The van der Waals surface area contributed by atoms with Crippen LogP contribution in [0.1, 0.15) is 62.6 Å². The van der Waals surface area contributed by atoms with E-state index in [2.05, 4.69) is 12.2 Å². The van der Waals surface area contributed by atoms with Gasteiger partial charge in [0, 0.05) is 12.6 Å². The van der Waals surface area contributed by atoms with E-state index in [0.717, 1.165) is 43.2 Å². The molecule has 1 fully saturated rings. The van der Waals surface area contributed by atoms with Gasteiger partial charge in [-0.1, -0.05) is 68.1 Å². The van der Waals surface area contributed by atoms with Gasteiger partial charge in [-0.25, -0.2) is 0 Å². The van der Waals surface area contributed by atoms with Gasteiger partial charge in [0.05, 0.1) is 0 Å². The number of carbonyl (C=O) groups is 2. The van der Waals surface area contributed by atoms with E-state index in [1.54, 1.807) is 11.8 Å². The lowest BCUT2D eigenvalue weighted by molar-refractivity contribution is -0.142. The molecule has 5 nitrogen and oxygen atoms in total. The maximum atomic E-state index is 13.2. The molecular formula is C27H36N2O3. The molecule has 0 aliphatic heterocycles.